The van der Waals surface area contributed by atoms with Gasteiger partial charge in [0.1, 0.15) is 6.04 Å². The minimum absolute atomic E-state index is 0.343. The highest BCUT2D eigenvalue weighted by Gasteiger charge is 2.24. The number of carboxylic acids is 1. The molecule has 1 atom stereocenters. The number of thioether (sulfide) groups is 1. The number of methoxy groups -OCH3 is 1. The van der Waals surface area contributed by atoms with Crippen molar-refractivity contribution in [1.82, 2.24) is 5.32 Å². The van der Waals surface area contributed by atoms with Crippen molar-refractivity contribution in [2.24, 2.45) is 0 Å². The van der Waals surface area contributed by atoms with E-state index in [1.165, 1.54) is 0 Å². The van der Waals surface area contributed by atoms with Crippen LogP contribution in [-0.4, -0.2) is 42.4 Å². The van der Waals surface area contributed by atoms with Crippen molar-refractivity contribution < 1.29 is 24.2 Å². The number of carboxylic acid groups (broad SMARTS) is 1. The normalized spacial score (nSPS) is 11.5. The maximum absolute atomic E-state index is 12.0. The molecule has 7 heteroatoms. The van der Waals surface area contributed by atoms with Crippen LogP contribution in [0.25, 0.3) is 0 Å². The average molecular weight is 311 g/mol. The first-order valence-corrected chi connectivity index (χ1v) is 7.55. The quantitative estimate of drug-likeness (QED) is 0.737. The standard InChI is InChI=1S/C14H17NO5S/c1-20-12(16)7-11(14(18)19)15-13(17)10-5-3-9(4-6-10)8-21-2/h3-6,11H,7-8H2,1-2H3,(H,15,17)(H,18,19)/t11-/m0/s1. The van der Waals surface area contributed by atoms with E-state index >= 15 is 0 Å². The Hall–Kier alpha value is -2.02. The summed E-state index contributed by atoms with van der Waals surface area (Å²) in [5.74, 6) is -1.69. The maximum atomic E-state index is 12.0. The monoisotopic (exact) mass is 311 g/mol. The van der Waals surface area contributed by atoms with E-state index in [1.807, 2.05) is 18.4 Å². The highest BCUT2D eigenvalue weighted by molar-refractivity contribution is 7.97. The van der Waals surface area contributed by atoms with Gasteiger partial charge in [0.15, 0.2) is 0 Å². The van der Waals surface area contributed by atoms with Crippen LogP contribution in [0.1, 0.15) is 22.3 Å². The number of esters is 1. The van der Waals surface area contributed by atoms with E-state index in [1.54, 1.807) is 23.9 Å². The molecule has 2 N–H and O–H groups in total. The summed E-state index contributed by atoms with van der Waals surface area (Å²) < 4.78 is 4.40. The van der Waals surface area contributed by atoms with Crippen LogP contribution in [0, 0.1) is 0 Å². The second-order valence-electron chi connectivity index (χ2n) is 4.27. The van der Waals surface area contributed by atoms with Gasteiger partial charge in [-0.3, -0.25) is 9.59 Å². The Kier molecular flexibility index (Phi) is 6.74. The van der Waals surface area contributed by atoms with Crippen molar-refractivity contribution in [3.8, 4) is 0 Å². The molecule has 0 saturated heterocycles. The lowest BCUT2D eigenvalue weighted by molar-refractivity contribution is -0.147. The predicted octanol–water partition coefficient (Wildman–Crippen LogP) is 1.30. The second-order valence-corrected chi connectivity index (χ2v) is 5.14. The zero-order valence-corrected chi connectivity index (χ0v) is 12.6. The number of carbonyl (C=O) groups is 3. The van der Waals surface area contributed by atoms with Crippen molar-refractivity contribution in [2.75, 3.05) is 13.4 Å². The minimum atomic E-state index is -1.31. The molecule has 114 valence electrons. The van der Waals surface area contributed by atoms with Gasteiger partial charge >= 0.3 is 11.9 Å². The predicted molar refractivity (Wildman–Crippen MR) is 79.2 cm³/mol. The zero-order chi connectivity index (χ0) is 15.8. The molecule has 0 heterocycles. The second kappa shape index (κ2) is 8.31. The molecule has 1 aromatic rings. The number of hydrogen-bond acceptors (Lipinski definition) is 5. The molecule has 1 amide bonds. The summed E-state index contributed by atoms with van der Waals surface area (Å²) in [5.41, 5.74) is 1.42. The van der Waals surface area contributed by atoms with E-state index in [2.05, 4.69) is 10.1 Å². The zero-order valence-electron chi connectivity index (χ0n) is 11.8. The smallest absolute Gasteiger partial charge is 0.326 e. The summed E-state index contributed by atoms with van der Waals surface area (Å²) in [6, 6.07) is 5.55. The van der Waals surface area contributed by atoms with Crippen molar-refractivity contribution >= 4 is 29.6 Å². The lowest BCUT2D eigenvalue weighted by Gasteiger charge is -2.13. The van der Waals surface area contributed by atoms with Gasteiger partial charge in [-0.1, -0.05) is 12.1 Å². The van der Waals surface area contributed by atoms with E-state index in [0.717, 1.165) is 18.4 Å². The van der Waals surface area contributed by atoms with Gasteiger partial charge in [-0.05, 0) is 24.0 Å². The van der Waals surface area contributed by atoms with Gasteiger partial charge in [0.2, 0.25) is 0 Å². The lowest BCUT2D eigenvalue weighted by atomic mass is 10.1. The van der Waals surface area contributed by atoms with Crippen LogP contribution < -0.4 is 5.32 Å². The Labute approximate surface area is 126 Å². The molecule has 0 spiro atoms. The number of amides is 1. The molecule has 1 rings (SSSR count). The molecular weight excluding hydrogens is 294 g/mol. The van der Waals surface area contributed by atoms with Crippen LogP contribution in [0.3, 0.4) is 0 Å². The van der Waals surface area contributed by atoms with Gasteiger partial charge in [0.05, 0.1) is 13.5 Å². The van der Waals surface area contributed by atoms with Crippen molar-refractivity contribution in [1.29, 1.82) is 0 Å². The Bertz CT molecular complexity index is 515. The topological polar surface area (TPSA) is 92.7 Å². The van der Waals surface area contributed by atoms with E-state index < -0.39 is 30.3 Å². The van der Waals surface area contributed by atoms with Crippen LogP contribution in [0.15, 0.2) is 24.3 Å². The Morgan fingerprint density at radius 1 is 1.29 bits per heavy atom. The number of rotatable bonds is 7. The number of nitrogens with one attached hydrogen (secondary N) is 1. The fraction of sp³-hybridized carbons (Fsp3) is 0.357. The number of hydrogen-bond donors (Lipinski definition) is 2. The highest BCUT2D eigenvalue weighted by Crippen LogP contribution is 2.11. The Morgan fingerprint density at radius 2 is 1.90 bits per heavy atom. The first kappa shape index (κ1) is 17.0. The maximum Gasteiger partial charge on any atom is 0.326 e. The largest absolute Gasteiger partial charge is 0.480 e. The van der Waals surface area contributed by atoms with Crippen molar-refractivity contribution in [2.45, 2.75) is 18.2 Å². The number of benzene rings is 1. The third-order valence-corrected chi connectivity index (χ3v) is 3.35. The molecular formula is C14H17NO5S. The van der Waals surface area contributed by atoms with E-state index in [4.69, 9.17) is 5.11 Å². The molecule has 0 saturated carbocycles. The summed E-state index contributed by atoms with van der Waals surface area (Å²) >= 11 is 1.66. The third-order valence-electron chi connectivity index (χ3n) is 2.73. The molecule has 0 bridgehead atoms. The van der Waals surface area contributed by atoms with Crippen molar-refractivity contribution in [3.05, 3.63) is 35.4 Å². The molecule has 6 nitrogen and oxygen atoms in total. The van der Waals surface area contributed by atoms with Crippen LogP contribution >= 0.6 is 11.8 Å². The number of aliphatic carboxylic acids is 1. The first-order valence-electron chi connectivity index (χ1n) is 6.16. The molecule has 0 radical (unpaired) electrons. The molecule has 1 aromatic carbocycles. The van der Waals surface area contributed by atoms with E-state index in [9.17, 15) is 14.4 Å². The molecule has 0 aliphatic heterocycles. The molecule has 21 heavy (non-hydrogen) atoms. The lowest BCUT2D eigenvalue weighted by Crippen LogP contribution is -2.42. The summed E-state index contributed by atoms with van der Waals surface area (Å²) in [7, 11) is 1.16. The van der Waals surface area contributed by atoms with Crippen LogP contribution in [-0.2, 0) is 20.1 Å². The molecule has 0 fully saturated rings. The minimum Gasteiger partial charge on any atom is -0.480 e. The van der Waals surface area contributed by atoms with Crippen LogP contribution in [0.4, 0.5) is 0 Å². The fourth-order valence-electron chi connectivity index (χ4n) is 1.61. The summed E-state index contributed by atoms with van der Waals surface area (Å²) in [5, 5.41) is 11.3. The molecule has 0 aliphatic rings. The van der Waals surface area contributed by atoms with Crippen molar-refractivity contribution in [3.63, 3.8) is 0 Å². The van der Waals surface area contributed by atoms with Crippen LogP contribution in [0.5, 0.6) is 0 Å². The summed E-state index contributed by atoms with van der Waals surface area (Å²) in [6.45, 7) is 0. The van der Waals surface area contributed by atoms with Gasteiger partial charge in [-0.15, -0.1) is 0 Å². The summed E-state index contributed by atoms with van der Waals surface area (Å²) in [6.07, 6.45) is 1.56. The summed E-state index contributed by atoms with van der Waals surface area (Å²) in [4.78, 5) is 34.1. The number of ether oxygens (including phenoxy) is 1. The molecule has 0 aromatic heterocycles. The van der Waals surface area contributed by atoms with Gasteiger partial charge < -0.3 is 15.2 Å². The fourth-order valence-corrected chi connectivity index (χ4v) is 2.14. The molecule has 0 unspecified atom stereocenters. The van der Waals surface area contributed by atoms with E-state index in [-0.39, 0.29) is 0 Å². The van der Waals surface area contributed by atoms with Gasteiger partial charge in [0.25, 0.3) is 5.91 Å². The van der Waals surface area contributed by atoms with E-state index in [0.29, 0.717) is 5.56 Å². The van der Waals surface area contributed by atoms with Crippen LogP contribution in [0.2, 0.25) is 0 Å². The third kappa shape index (κ3) is 5.47. The van der Waals surface area contributed by atoms with Gasteiger partial charge in [0, 0.05) is 11.3 Å². The Balaban J connectivity index is 2.72. The average Bonchev–Trinajstić information content (AvgIpc) is 2.47. The Morgan fingerprint density at radius 3 is 2.38 bits per heavy atom. The van der Waals surface area contributed by atoms with Gasteiger partial charge in [-0.2, -0.15) is 11.8 Å². The molecule has 0 aliphatic carbocycles. The first-order chi connectivity index (χ1) is 9.97. The number of carbonyl (C=O) groups excluding carboxylic acids is 2. The highest BCUT2D eigenvalue weighted by atomic mass is 32.2. The SMILES string of the molecule is COC(=O)C[C@H](NC(=O)c1ccc(CSC)cc1)C(=O)O. The van der Waals surface area contributed by atoms with Gasteiger partial charge in [-0.25, -0.2) is 4.79 Å².